The van der Waals surface area contributed by atoms with Crippen molar-refractivity contribution in [1.82, 2.24) is 9.55 Å². The molecule has 1 heterocycles. The minimum Gasteiger partial charge on any atom is -0.475 e. The van der Waals surface area contributed by atoms with Gasteiger partial charge in [-0.25, -0.2) is 14.6 Å². The number of hydrogen-bond donors (Lipinski definition) is 3. The first-order valence-corrected chi connectivity index (χ1v) is 11.7. The van der Waals surface area contributed by atoms with Crippen LogP contribution in [0.5, 0.6) is 0 Å². The highest BCUT2D eigenvalue weighted by Gasteiger charge is 2.38. The number of anilines is 2. The van der Waals surface area contributed by atoms with Gasteiger partial charge in [0.15, 0.2) is 0 Å². The number of nitrogens with zero attached hydrogens (tertiary/aromatic N) is 2. The number of imidazole rings is 1. The third kappa shape index (κ3) is 7.22. The summed E-state index contributed by atoms with van der Waals surface area (Å²) < 4.78 is 34.0. The van der Waals surface area contributed by atoms with Crippen LogP contribution in [0, 0.1) is 0 Å². The Hall–Kier alpha value is -5.12. The maximum atomic E-state index is 12.3. The fourth-order valence-electron chi connectivity index (χ4n) is 3.74. The number of carbonyl (C=O) groups is 2. The smallest absolute Gasteiger partial charge is 0.475 e. The van der Waals surface area contributed by atoms with E-state index in [1.54, 1.807) is 0 Å². The Kier molecular flexibility index (Phi) is 8.25. The molecule has 0 saturated carbocycles. The summed E-state index contributed by atoms with van der Waals surface area (Å²) in [4.78, 5) is 26.1. The number of urea groups is 1. The van der Waals surface area contributed by atoms with Crippen LogP contribution in [0.15, 0.2) is 109 Å². The highest BCUT2D eigenvalue weighted by molar-refractivity contribution is 5.99. The van der Waals surface area contributed by atoms with Crippen molar-refractivity contribution in [2.75, 3.05) is 10.6 Å². The molecule has 0 radical (unpaired) electrons. The zero-order valence-electron chi connectivity index (χ0n) is 20.4. The molecule has 10 heteroatoms. The highest BCUT2D eigenvalue weighted by Crippen LogP contribution is 2.27. The van der Waals surface area contributed by atoms with Gasteiger partial charge in [0.25, 0.3) is 0 Å². The number of halogens is 3. The Balaban J connectivity index is 0.000000448. The topological polar surface area (TPSA) is 96.3 Å². The second-order valence-electron chi connectivity index (χ2n) is 8.32. The maximum Gasteiger partial charge on any atom is 0.490 e. The molecule has 0 atom stereocenters. The molecule has 0 spiro atoms. The molecular formula is C29H23F3N4O3. The van der Waals surface area contributed by atoms with Gasteiger partial charge < -0.3 is 20.3 Å². The number of para-hydroxylation sites is 3. The first kappa shape index (κ1) is 26.9. The van der Waals surface area contributed by atoms with E-state index >= 15 is 0 Å². The summed E-state index contributed by atoms with van der Waals surface area (Å²) in [5, 5.41) is 12.8. The lowest BCUT2D eigenvalue weighted by molar-refractivity contribution is -0.192. The number of aromatic nitrogens is 2. The summed E-state index contributed by atoms with van der Waals surface area (Å²) in [6.45, 7) is 0.732. The van der Waals surface area contributed by atoms with Crippen molar-refractivity contribution in [1.29, 1.82) is 0 Å². The zero-order chi connectivity index (χ0) is 27.8. The number of fused-ring (bicyclic) bond motifs is 1. The van der Waals surface area contributed by atoms with Gasteiger partial charge in [-0.1, -0.05) is 60.7 Å². The SMILES string of the molecule is O=C(Nc1ccccc1)Nc1ccc(-c2nc3ccccc3n2Cc2ccccc2)cc1.O=C(O)C(F)(F)F. The number of carboxylic acid groups (broad SMARTS) is 1. The first-order valence-electron chi connectivity index (χ1n) is 11.7. The van der Waals surface area contributed by atoms with E-state index in [-0.39, 0.29) is 6.03 Å². The van der Waals surface area contributed by atoms with Gasteiger partial charge in [-0.15, -0.1) is 0 Å². The van der Waals surface area contributed by atoms with Gasteiger partial charge in [0.2, 0.25) is 0 Å². The number of hydrogen-bond acceptors (Lipinski definition) is 3. The number of nitrogens with one attached hydrogen (secondary N) is 2. The fraction of sp³-hybridized carbons (Fsp3) is 0.0690. The predicted octanol–water partition coefficient (Wildman–Crippen LogP) is 7.03. The molecule has 0 aliphatic carbocycles. The van der Waals surface area contributed by atoms with Crippen LogP contribution >= 0.6 is 0 Å². The monoisotopic (exact) mass is 532 g/mol. The van der Waals surface area contributed by atoms with Gasteiger partial charge in [0, 0.05) is 23.5 Å². The van der Waals surface area contributed by atoms with Crippen molar-refractivity contribution < 1.29 is 27.9 Å². The average molecular weight is 533 g/mol. The molecule has 39 heavy (non-hydrogen) atoms. The summed E-state index contributed by atoms with van der Waals surface area (Å²) >= 11 is 0. The summed E-state index contributed by atoms with van der Waals surface area (Å²) in [5.74, 6) is -1.86. The van der Waals surface area contributed by atoms with E-state index in [1.165, 1.54) is 5.56 Å². The molecule has 0 saturated heterocycles. The Morgan fingerprint density at radius 3 is 1.85 bits per heavy atom. The van der Waals surface area contributed by atoms with Gasteiger partial charge in [-0.2, -0.15) is 13.2 Å². The fourth-order valence-corrected chi connectivity index (χ4v) is 3.74. The number of carbonyl (C=O) groups excluding carboxylic acids is 1. The molecule has 7 nitrogen and oxygen atoms in total. The number of benzene rings is 4. The van der Waals surface area contributed by atoms with E-state index in [9.17, 15) is 18.0 Å². The van der Waals surface area contributed by atoms with E-state index in [2.05, 4.69) is 45.5 Å². The lowest BCUT2D eigenvalue weighted by Gasteiger charge is -2.11. The van der Waals surface area contributed by atoms with Crippen molar-refractivity contribution >= 4 is 34.4 Å². The standard InChI is InChI=1S/C27H22N4O.C2HF3O2/c32-27(28-22-11-5-2-6-12-22)29-23-17-15-21(16-18-23)26-30-24-13-7-8-14-25(24)31(26)19-20-9-3-1-4-10-20;3-2(4,5)1(6)7/h1-18H,19H2,(H2,28,29,32);(H,6,7). The predicted molar refractivity (Wildman–Crippen MR) is 143 cm³/mol. The van der Waals surface area contributed by atoms with Crippen molar-refractivity contribution in [2.24, 2.45) is 0 Å². The maximum absolute atomic E-state index is 12.3. The molecule has 0 fully saturated rings. The molecule has 4 aromatic carbocycles. The third-order valence-corrected chi connectivity index (χ3v) is 5.51. The van der Waals surface area contributed by atoms with Crippen LogP contribution in [0.25, 0.3) is 22.4 Å². The van der Waals surface area contributed by atoms with Gasteiger partial charge in [-0.05, 0) is 54.1 Å². The van der Waals surface area contributed by atoms with Gasteiger partial charge in [0.1, 0.15) is 5.82 Å². The van der Waals surface area contributed by atoms with E-state index in [0.717, 1.165) is 34.7 Å². The second-order valence-corrected chi connectivity index (χ2v) is 8.32. The van der Waals surface area contributed by atoms with Gasteiger partial charge in [-0.3, -0.25) is 0 Å². The number of amides is 2. The number of alkyl halides is 3. The van der Waals surface area contributed by atoms with E-state index in [1.807, 2.05) is 78.9 Å². The van der Waals surface area contributed by atoms with Crippen LogP contribution in [0.4, 0.5) is 29.3 Å². The Bertz CT molecular complexity index is 1550. The van der Waals surface area contributed by atoms with Crippen LogP contribution in [-0.2, 0) is 11.3 Å². The highest BCUT2D eigenvalue weighted by atomic mass is 19.4. The molecule has 5 aromatic rings. The van der Waals surface area contributed by atoms with E-state index in [4.69, 9.17) is 14.9 Å². The van der Waals surface area contributed by atoms with Crippen molar-refractivity contribution in [3.63, 3.8) is 0 Å². The van der Waals surface area contributed by atoms with Gasteiger partial charge >= 0.3 is 18.2 Å². The number of aliphatic carboxylic acids is 1. The molecule has 0 aliphatic rings. The molecule has 2 amide bonds. The van der Waals surface area contributed by atoms with Crippen molar-refractivity contribution in [3.05, 3.63) is 115 Å². The lowest BCUT2D eigenvalue weighted by Crippen LogP contribution is -2.21. The van der Waals surface area contributed by atoms with Gasteiger partial charge in [0.05, 0.1) is 11.0 Å². The molecule has 3 N–H and O–H groups in total. The Morgan fingerprint density at radius 2 is 1.26 bits per heavy atom. The molecule has 1 aromatic heterocycles. The number of carboxylic acids is 1. The third-order valence-electron chi connectivity index (χ3n) is 5.51. The minimum absolute atomic E-state index is 0.278. The summed E-state index contributed by atoms with van der Waals surface area (Å²) in [6.07, 6.45) is -5.08. The first-order chi connectivity index (χ1) is 18.7. The quantitative estimate of drug-likeness (QED) is 0.226. The summed E-state index contributed by atoms with van der Waals surface area (Å²) in [6, 6.07) is 35.4. The molecule has 0 bridgehead atoms. The van der Waals surface area contributed by atoms with Crippen LogP contribution in [0.1, 0.15) is 5.56 Å². The largest absolute Gasteiger partial charge is 0.490 e. The zero-order valence-corrected chi connectivity index (χ0v) is 20.4. The van der Waals surface area contributed by atoms with E-state index in [0.29, 0.717) is 5.69 Å². The molecule has 0 unspecified atom stereocenters. The van der Waals surface area contributed by atoms with Crippen LogP contribution in [-0.4, -0.2) is 32.8 Å². The van der Waals surface area contributed by atoms with Crippen LogP contribution in [0.3, 0.4) is 0 Å². The lowest BCUT2D eigenvalue weighted by atomic mass is 10.1. The molecule has 198 valence electrons. The summed E-state index contributed by atoms with van der Waals surface area (Å²) in [5.41, 5.74) is 5.72. The Labute approximate surface area is 221 Å². The average Bonchev–Trinajstić information content (AvgIpc) is 3.28. The van der Waals surface area contributed by atoms with Crippen LogP contribution in [0.2, 0.25) is 0 Å². The number of rotatable bonds is 5. The normalized spacial score (nSPS) is 10.8. The molecular weight excluding hydrogens is 509 g/mol. The van der Waals surface area contributed by atoms with E-state index < -0.39 is 12.1 Å². The minimum atomic E-state index is -5.08. The summed E-state index contributed by atoms with van der Waals surface area (Å²) in [7, 11) is 0. The second kappa shape index (κ2) is 12.0. The van der Waals surface area contributed by atoms with Crippen LogP contribution < -0.4 is 10.6 Å². The molecule has 5 rings (SSSR count). The van der Waals surface area contributed by atoms with Crippen molar-refractivity contribution in [2.45, 2.75) is 12.7 Å². The molecule has 0 aliphatic heterocycles. The van der Waals surface area contributed by atoms with Crippen molar-refractivity contribution in [3.8, 4) is 11.4 Å². The Morgan fingerprint density at radius 1 is 0.744 bits per heavy atom.